The largest absolute Gasteiger partial charge is 0.398 e. The third-order valence-corrected chi connectivity index (χ3v) is 3.78. The zero-order chi connectivity index (χ0) is 12.9. The van der Waals surface area contributed by atoms with Gasteiger partial charge >= 0.3 is 0 Å². The Kier molecular flexibility index (Phi) is 2.20. The van der Waals surface area contributed by atoms with Crippen LogP contribution >= 0.6 is 0 Å². The Morgan fingerprint density at radius 2 is 2.11 bits per heavy atom. The minimum absolute atomic E-state index is 0.279. The van der Waals surface area contributed by atoms with Gasteiger partial charge in [-0.3, -0.25) is 0 Å². The van der Waals surface area contributed by atoms with E-state index in [0.717, 1.165) is 29.1 Å². The quantitative estimate of drug-likeness (QED) is 0.821. The summed E-state index contributed by atoms with van der Waals surface area (Å²) in [6.07, 6.45) is 1.11. The zero-order valence-corrected chi connectivity index (χ0v) is 10.9. The summed E-state index contributed by atoms with van der Waals surface area (Å²) in [6, 6.07) is 6.24. The van der Waals surface area contributed by atoms with Crippen molar-refractivity contribution in [3.8, 4) is 11.4 Å². The van der Waals surface area contributed by atoms with Gasteiger partial charge in [0.05, 0.1) is 6.04 Å². The van der Waals surface area contributed by atoms with Crippen LogP contribution in [0.4, 0.5) is 5.69 Å². The first-order valence-corrected chi connectivity index (χ1v) is 6.14. The lowest BCUT2D eigenvalue weighted by Gasteiger charge is -2.10. The van der Waals surface area contributed by atoms with E-state index in [2.05, 4.69) is 29.4 Å². The van der Waals surface area contributed by atoms with Gasteiger partial charge in [0.1, 0.15) is 0 Å². The van der Waals surface area contributed by atoms with Crippen molar-refractivity contribution < 1.29 is 0 Å². The van der Waals surface area contributed by atoms with Crippen LogP contribution < -0.4 is 5.73 Å². The number of nitrogen functional groups attached to an aromatic ring is 1. The van der Waals surface area contributed by atoms with E-state index in [1.807, 2.05) is 29.8 Å². The van der Waals surface area contributed by atoms with Crippen LogP contribution in [0.1, 0.15) is 31.9 Å². The predicted octanol–water partition coefficient (Wildman–Crippen LogP) is 2.20. The molecular formula is C13H17N5. The molecular weight excluding hydrogens is 226 g/mol. The first-order valence-electron chi connectivity index (χ1n) is 6.14. The Bertz CT molecular complexity index is 579. The van der Waals surface area contributed by atoms with E-state index in [1.165, 1.54) is 0 Å². The standard InChI is InChI=1S/C13H17N5/c1-8-5-4-6-9(14)11(8)12-15-16-17-18(12)10-7-13(10,2)3/h4-6,10H,7,14H2,1-3H3. The number of tetrazole rings is 1. The third-order valence-electron chi connectivity index (χ3n) is 3.78. The fourth-order valence-corrected chi connectivity index (χ4v) is 2.42. The number of hydrogen-bond donors (Lipinski definition) is 1. The Labute approximate surface area is 106 Å². The molecule has 2 N–H and O–H groups in total. The highest BCUT2D eigenvalue weighted by molar-refractivity contribution is 5.74. The molecule has 1 atom stereocenters. The van der Waals surface area contributed by atoms with Crippen LogP contribution in [0.2, 0.25) is 0 Å². The summed E-state index contributed by atoms with van der Waals surface area (Å²) in [5.41, 5.74) is 9.12. The first-order chi connectivity index (χ1) is 8.50. The second kappa shape index (κ2) is 3.54. The van der Waals surface area contributed by atoms with Crippen molar-refractivity contribution in [3.05, 3.63) is 23.8 Å². The number of nitrogens with two attached hydrogens (primary N) is 1. The van der Waals surface area contributed by atoms with Crippen molar-refractivity contribution >= 4 is 5.69 Å². The lowest BCUT2D eigenvalue weighted by atomic mass is 10.1. The SMILES string of the molecule is Cc1cccc(N)c1-c1nnnn1C1CC1(C)C. The average molecular weight is 243 g/mol. The summed E-state index contributed by atoms with van der Waals surface area (Å²) in [7, 11) is 0. The van der Waals surface area contributed by atoms with Crippen molar-refractivity contribution in [1.82, 2.24) is 20.2 Å². The van der Waals surface area contributed by atoms with Crippen molar-refractivity contribution in [3.63, 3.8) is 0 Å². The fourth-order valence-electron chi connectivity index (χ4n) is 2.42. The maximum absolute atomic E-state index is 6.06. The number of nitrogens with zero attached hydrogens (tertiary/aromatic N) is 4. The van der Waals surface area contributed by atoms with E-state index >= 15 is 0 Å². The molecule has 0 bridgehead atoms. The molecule has 0 saturated heterocycles. The van der Waals surface area contributed by atoms with Gasteiger partial charge in [0, 0.05) is 11.3 Å². The molecule has 0 spiro atoms. The van der Waals surface area contributed by atoms with Crippen LogP contribution in [0.3, 0.4) is 0 Å². The molecule has 2 aromatic rings. The van der Waals surface area contributed by atoms with Gasteiger partial charge in [0.2, 0.25) is 0 Å². The summed E-state index contributed by atoms with van der Waals surface area (Å²) in [6.45, 7) is 6.48. The normalized spacial score (nSPS) is 20.9. The second-order valence-corrected chi connectivity index (χ2v) is 5.69. The topological polar surface area (TPSA) is 69.6 Å². The van der Waals surface area contributed by atoms with Gasteiger partial charge < -0.3 is 5.73 Å². The zero-order valence-electron chi connectivity index (χ0n) is 10.9. The highest BCUT2D eigenvalue weighted by Gasteiger charge is 2.49. The maximum Gasteiger partial charge on any atom is 0.184 e. The number of hydrogen-bond acceptors (Lipinski definition) is 4. The Hall–Kier alpha value is -1.91. The van der Waals surface area contributed by atoms with Crippen LogP contribution in [-0.2, 0) is 0 Å². The van der Waals surface area contributed by atoms with Gasteiger partial charge in [-0.05, 0) is 40.8 Å². The van der Waals surface area contributed by atoms with E-state index in [-0.39, 0.29) is 5.41 Å². The average Bonchev–Trinajstić information content (AvgIpc) is 2.74. The molecule has 1 aliphatic carbocycles. The molecule has 5 heteroatoms. The molecule has 1 aromatic carbocycles. The first kappa shape index (κ1) is 11.2. The van der Waals surface area contributed by atoms with Gasteiger partial charge in [-0.25, -0.2) is 4.68 Å². The summed E-state index contributed by atoms with van der Waals surface area (Å²) >= 11 is 0. The van der Waals surface area contributed by atoms with Crippen LogP contribution in [0.15, 0.2) is 18.2 Å². The molecule has 0 aliphatic heterocycles. The summed E-state index contributed by atoms with van der Waals surface area (Å²) in [4.78, 5) is 0. The smallest absolute Gasteiger partial charge is 0.184 e. The Morgan fingerprint density at radius 3 is 2.72 bits per heavy atom. The number of aromatic nitrogens is 4. The van der Waals surface area contributed by atoms with Crippen molar-refractivity contribution in [2.24, 2.45) is 5.41 Å². The number of benzene rings is 1. The Balaban J connectivity index is 2.11. The molecule has 1 saturated carbocycles. The van der Waals surface area contributed by atoms with Crippen LogP contribution in [0.25, 0.3) is 11.4 Å². The van der Waals surface area contributed by atoms with E-state index in [0.29, 0.717) is 6.04 Å². The molecule has 1 unspecified atom stereocenters. The monoisotopic (exact) mass is 243 g/mol. The highest BCUT2D eigenvalue weighted by Crippen LogP contribution is 2.56. The van der Waals surface area contributed by atoms with E-state index in [1.54, 1.807) is 0 Å². The molecule has 3 rings (SSSR count). The van der Waals surface area contributed by atoms with Crippen molar-refractivity contribution in [2.45, 2.75) is 33.2 Å². The lowest BCUT2D eigenvalue weighted by Crippen LogP contribution is -2.06. The number of anilines is 1. The molecule has 1 heterocycles. The molecule has 1 aromatic heterocycles. The summed E-state index contributed by atoms with van der Waals surface area (Å²) in [5.74, 6) is 0.779. The van der Waals surface area contributed by atoms with Crippen LogP contribution in [0.5, 0.6) is 0 Å². The van der Waals surface area contributed by atoms with Crippen LogP contribution in [-0.4, -0.2) is 20.2 Å². The van der Waals surface area contributed by atoms with Gasteiger partial charge in [0.25, 0.3) is 0 Å². The summed E-state index contributed by atoms with van der Waals surface area (Å²) in [5, 5.41) is 12.1. The van der Waals surface area contributed by atoms with E-state index in [4.69, 9.17) is 5.73 Å². The Morgan fingerprint density at radius 1 is 1.39 bits per heavy atom. The van der Waals surface area contributed by atoms with Gasteiger partial charge in [0.15, 0.2) is 5.82 Å². The van der Waals surface area contributed by atoms with Gasteiger partial charge in [-0.15, -0.1) is 5.10 Å². The second-order valence-electron chi connectivity index (χ2n) is 5.69. The molecule has 1 aliphatic rings. The third kappa shape index (κ3) is 1.58. The van der Waals surface area contributed by atoms with Crippen molar-refractivity contribution in [2.75, 3.05) is 5.73 Å². The minimum Gasteiger partial charge on any atom is -0.398 e. The van der Waals surface area contributed by atoms with E-state index < -0.39 is 0 Å². The number of aryl methyl sites for hydroxylation is 1. The van der Waals surface area contributed by atoms with Gasteiger partial charge in [-0.1, -0.05) is 26.0 Å². The molecule has 94 valence electrons. The maximum atomic E-state index is 6.06. The summed E-state index contributed by atoms with van der Waals surface area (Å²) < 4.78 is 1.92. The number of rotatable bonds is 2. The molecule has 0 amide bonds. The molecule has 1 fully saturated rings. The molecule has 18 heavy (non-hydrogen) atoms. The van der Waals surface area contributed by atoms with Crippen LogP contribution in [0, 0.1) is 12.3 Å². The molecule has 0 radical (unpaired) electrons. The van der Waals surface area contributed by atoms with Gasteiger partial charge in [-0.2, -0.15) is 0 Å². The molecule has 5 nitrogen and oxygen atoms in total. The van der Waals surface area contributed by atoms with Crippen molar-refractivity contribution in [1.29, 1.82) is 0 Å². The minimum atomic E-state index is 0.279. The highest BCUT2D eigenvalue weighted by atomic mass is 15.6. The van der Waals surface area contributed by atoms with E-state index in [9.17, 15) is 0 Å². The fraction of sp³-hybridized carbons (Fsp3) is 0.462. The predicted molar refractivity (Wildman–Crippen MR) is 69.8 cm³/mol. The lowest BCUT2D eigenvalue weighted by molar-refractivity contribution is 0.497.